The zero-order valence-corrected chi connectivity index (χ0v) is 11.1. The highest BCUT2D eigenvalue weighted by molar-refractivity contribution is 6.24. The highest BCUT2D eigenvalue weighted by Gasteiger charge is 2.28. The van der Waals surface area contributed by atoms with Crippen LogP contribution in [0.15, 0.2) is 36.0 Å². The Hall–Kier alpha value is -2.91. The van der Waals surface area contributed by atoms with Crippen LogP contribution < -0.4 is 16.6 Å². The van der Waals surface area contributed by atoms with Gasteiger partial charge in [0.25, 0.3) is 5.91 Å². The molecular formula is C15H13N3O3. The summed E-state index contributed by atoms with van der Waals surface area (Å²) in [5, 5.41) is 2.68. The van der Waals surface area contributed by atoms with Crippen LogP contribution in [0.3, 0.4) is 0 Å². The van der Waals surface area contributed by atoms with Crippen molar-refractivity contribution in [3.05, 3.63) is 47.2 Å². The normalized spacial score (nSPS) is 14.6. The molecule has 0 spiro atoms. The maximum Gasteiger partial charge on any atom is 0.257 e. The van der Waals surface area contributed by atoms with Crippen molar-refractivity contribution in [1.82, 2.24) is 10.7 Å². The van der Waals surface area contributed by atoms with Crippen molar-refractivity contribution in [1.29, 1.82) is 0 Å². The molecule has 0 bridgehead atoms. The summed E-state index contributed by atoms with van der Waals surface area (Å²) in [6.07, 6.45) is 6.38. The van der Waals surface area contributed by atoms with E-state index >= 15 is 0 Å². The van der Waals surface area contributed by atoms with Crippen molar-refractivity contribution < 1.29 is 14.4 Å². The molecule has 1 amide bonds. The van der Waals surface area contributed by atoms with E-state index in [9.17, 15) is 14.4 Å². The third kappa shape index (κ3) is 2.83. The number of amides is 1. The molecule has 0 saturated carbocycles. The van der Waals surface area contributed by atoms with E-state index in [0.29, 0.717) is 11.1 Å². The molecule has 0 aliphatic heterocycles. The van der Waals surface area contributed by atoms with Gasteiger partial charge in [0.05, 0.1) is 5.70 Å². The summed E-state index contributed by atoms with van der Waals surface area (Å²) >= 11 is 0. The van der Waals surface area contributed by atoms with Crippen molar-refractivity contribution in [3.8, 4) is 12.3 Å². The Labute approximate surface area is 121 Å². The van der Waals surface area contributed by atoms with Gasteiger partial charge >= 0.3 is 0 Å². The van der Waals surface area contributed by atoms with Gasteiger partial charge in [-0.3, -0.25) is 19.8 Å². The fourth-order valence-electron chi connectivity index (χ4n) is 2.04. The fraction of sp³-hybridized carbons (Fsp3) is 0.133. The van der Waals surface area contributed by atoms with Crippen LogP contribution in [0.5, 0.6) is 0 Å². The van der Waals surface area contributed by atoms with E-state index < -0.39 is 11.9 Å². The van der Waals surface area contributed by atoms with E-state index in [-0.39, 0.29) is 23.7 Å². The molecule has 6 nitrogen and oxygen atoms in total. The summed E-state index contributed by atoms with van der Waals surface area (Å²) in [6.45, 7) is 0. The number of rotatable bonds is 4. The molecule has 1 aliphatic rings. The highest BCUT2D eigenvalue weighted by Crippen LogP contribution is 2.20. The van der Waals surface area contributed by atoms with Gasteiger partial charge in [-0.25, -0.2) is 5.84 Å². The molecule has 1 aliphatic carbocycles. The van der Waals surface area contributed by atoms with Gasteiger partial charge in [0.2, 0.25) is 5.78 Å². The molecule has 21 heavy (non-hydrogen) atoms. The Balaban J connectivity index is 2.30. The Morgan fingerprint density at radius 2 is 1.95 bits per heavy atom. The average Bonchev–Trinajstić information content (AvgIpc) is 2.51. The lowest BCUT2D eigenvalue weighted by Crippen LogP contribution is -2.47. The first kappa shape index (κ1) is 14.5. The summed E-state index contributed by atoms with van der Waals surface area (Å²) < 4.78 is 0. The van der Waals surface area contributed by atoms with E-state index in [0.717, 1.165) is 6.08 Å². The summed E-state index contributed by atoms with van der Waals surface area (Å²) in [7, 11) is 0. The van der Waals surface area contributed by atoms with E-state index in [2.05, 4.69) is 11.2 Å². The summed E-state index contributed by atoms with van der Waals surface area (Å²) in [5.74, 6) is 6.15. The summed E-state index contributed by atoms with van der Waals surface area (Å²) in [4.78, 5) is 35.9. The molecular weight excluding hydrogens is 270 g/mol. The number of allylic oxidation sites excluding steroid dienone is 2. The number of terminal acetylenes is 1. The second-order valence-electron chi connectivity index (χ2n) is 4.41. The summed E-state index contributed by atoms with van der Waals surface area (Å²) in [6, 6.07) is 5.60. The zero-order valence-electron chi connectivity index (χ0n) is 11.1. The molecule has 1 aromatic rings. The maximum atomic E-state index is 12.3. The van der Waals surface area contributed by atoms with Gasteiger partial charge in [-0.1, -0.05) is 24.3 Å². The van der Waals surface area contributed by atoms with Gasteiger partial charge in [-0.2, -0.15) is 0 Å². The minimum absolute atomic E-state index is 0.0301. The molecule has 2 rings (SSSR count). The number of fused-ring (bicyclic) bond motifs is 1. The topological polar surface area (TPSA) is 101 Å². The quantitative estimate of drug-likeness (QED) is 0.310. The van der Waals surface area contributed by atoms with Crippen LogP contribution in [0.1, 0.15) is 27.1 Å². The number of Topliss-reactive ketones (excluding diaryl/α,β-unsaturated/α-hetero) is 1. The predicted molar refractivity (Wildman–Crippen MR) is 75.9 cm³/mol. The number of ketones is 2. The van der Waals surface area contributed by atoms with E-state index in [1.807, 2.05) is 5.43 Å². The number of hydrogen-bond acceptors (Lipinski definition) is 5. The van der Waals surface area contributed by atoms with Crippen molar-refractivity contribution in [3.63, 3.8) is 0 Å². The van der Waals surface area contributed by atoms with Crippen LogP contribution >= 0.6 is 0 Å². The lowest BCUT2D eigenvalue weighted by atomic mass is 9.92. The molecule has 0 saturated heterocycles. The van der Waals surface area contributed by atoms with Gasteiger partial charge in [0.1, 0.15) is 6.04 Å². The number of hydrogen-bond donors (Lipinski definition) is 3. The largest absolute Gasteiger partial charge is 0.370 e. The highest BCUT2D eigenvalue weighted by atomic mass is 16.2. The first-order valence-electron chi connectivity index (χ1n) is 6.18. The van der Waals surface area contributed by atoms with Crippen LogP contribution in [0.25, 0.3) is 0 Å². The Kier molecular flexibility index (Phi) is 4.16. The number of benzene rings is 1. The molecule has 0 heterocycles. The fourth-order valence-corrected chi connectivity index (χ4v) is 2.04. The molecule has 6 heteroatoms. The number of nitrogens with one attached hydrogen (secondary N) is 2. The molecule has 4 N–H and O–H groups in total. The first-order valence-corrected chi connectivity index (χ1v) is 6.18. The zero-order chi connectivity index (χ0) is 15.4. The third-order valence-corrected chi connectivity index (χ3v) is 3.07. The lowest BCUT2D eigenvalue weighted by Gasteiger charge is -2.20. The Morgan fingerprint density at radius 1 is 1.29 bits per heavy atom. The second kappa shape index (κ2) is 6.03. The third-order valence-electron chi connectivity index (χ3n) is 3.07. The standard InChI is InChI=1S/C15H13N3O3/c1-2-5-11(15(21)18-16)17-12-8-13(19)9-6-3-4-7-10(9)14(12)20/h1,3-4,6-8,11,17H,5,16H2,(H,18,21). The molecule has 0 aromatic heterocycles. The lowest BCUT2D eigenvalue weighted by molar-refractivity contribution is -0.122. The van der Waals surface area contributed by atoms with E-state index in [1.54, 1.807) is 24.3 Å². The molecule has 0 fully saturated rings. The molecule has 0 radical (unpaired) electrons. The minimum atomic E-state index is -0.881. The number of nitrogens with two attached hydrogens (primary N) is 1. The number of carbonyl (C=O) groups excluding carboxylic acids is 3. The maximum absolute atomic E-state index is 12.3. The monoisotopic (exact) mass is 283 g/mol. The molecule has 1 unspecified atom stereocenters. The van der Waals surface area contributed by atoms with Gasteiger partial charge in [0.15, 0.2) is 5.78 Å². The van der Waals surface area contributed by atoms with E-state index in [1.165, 1.54) is 0 Å². The van der Waals surface area contributed by atoms with Gasteiger partial charge in [-0.15, -0.1) is 12.3 Å². The van der Waals surface area contributed by atoms with Crippen LogP contribution in [0, 0.1) is 12.3 Å². The number of carbonyl (C=O) groups is 3. The van der Waals surface area contributed by atoms with E-state index in [4.69, 9.17) is 12.3 Å². The van der Waals surface area contributed by atoms with Crippen molar-refractivity contribution >= 4 is 17.5 Å². The molecule has 1 atom stereocenters. The van der Waals surface area contributed by atoms with Crippen LogP contribution in [-0.4, -0.2) is 23.5 Å². The van der Waals surface area contributed by atoms with Crippen molar-refractivity contribution in [2.24, 2.45) is 5.84 Å². The van der Waals surface area contributed by atoms with Gasteiger partial charge < -0.3 is 5.32 Å². The molecule has 1 aromatic carbocycles. The van der Waals surface area contributed by atoms with Gasteiger partial charge in [0, 0.05) is 23.6 Å². The average molecular weight is 283 g/mol. The van der Waals surface area contributed by atoms with Crippen molar-refractivity contribution in [2.45, 2.75) is 12.5 Å². The predicted octanol–water partition coefficient (Wildman–Crippen LogP) is -0.0791. The smallest absolute Gasteiger partial charge is 0.257 e. The molecule has 106 valence electrons. The minimum Gasteiger partial charge on any atom is -0.370 e. The van der Waals surface area contributed by atoms with Crippen molar-refractivity contribution in [2.75, 3.05) is 0 Å². The van der Waals surface area contributed by atoms with Gasteiger partial charge in [-0.05, 0) is 0 Å². The van der Waals surface area contributed by atoms with Crippen LogP contribution in [-0.2, 0) is 4.79 Å². The number of hydrazine groups is 1. The first-order chi connectivity index (χ1) is 10.1. The summed E-state index contributed by atoms with van der Waals surface area (Å²) in [5.41, 5.74) is 2.62. The van der Waals surface area contributed by atoms with Crippen LogP contribution in [0.2, 0.25) is 0 Å². The second-order valence-corrected chi connectivity index (χ2v) is 4.41. The SMILES string of the molecule is C#CCC(NC1=CC(=O)c2ccccc2C1=O)C(=O)NN. The van der Waals surface area contributed by atoms with Crippen LogP contribution in [0.4, 0.5) is 0 Å². The Morgan fingerprint density at radius 3 is 2.57 bits per heavy atom. The Bertz CT molecular complexity index is 686.